The van der Waals surface area contributed by atoms with Crippen LogP contribution in [0.5, 0.6) is 0 Å². The van der Waals surface area contributed by atoms with E-state index in [1.807, 2.05) is 0 Å². The molecule has 0 aromatic rings. The van der Waals surface area contributed by atoms with E-state index in [-0.39, 0.29) is 5.41 Å². The number of Topliss-reactive ketones (excluding diaryl/α,β-unsaturated/α-hetero) is 1. The summed E-state index contributed by atoms with van der Waals surface area (Å²) in [6, 6.07) is 0. The van der Waals surface area contributed by atoms with Gasteiger partial charge in [0, 0.05) is 24.0 Å². The second-order valence-electron chi connectivity index (χ2n) is 8.81. The van der Waals surface area contributed by atoms with Crippen LogP contribution in [0.25, 0.3) is 0 Å². The van der Waals surface area contributed by atoms with Crippen LogP contribution in [-0.2, 0) is 4.79 Å². The van der Waals surface area contributed by atoms with E-state index in [9.17, 15) is 4.79 Å². The van der Waals surface area contributed by atoms with Gasteiger partial charge in [-0.15, -0.1) is 0 Å². The Morgan fingerprint density at radius 1 is 1.05 bits per heavy atom. The first-order valence-corrected chi connectivity index (χ1v) is 9.24. The Hall–Kier alpha value is -0.920. The number of ketones is 1. The van der Waals surface area contributed by atoms with E-state index < -0.39 is 0 Å². The minimum Gasteiger partial charge on any atom is -0.312 e. The van der Waals surface area contributed by atoms with Gasteiger partial charge >= 0.3 is 0 Å². The highest BCUT2D eigenvalue weighted by molar-refractivity contribution is 5.87. The minimum atomic E-state index is 0.00486. The van der Waals surface area contributed by atoms with Gasteiger partial charge in [0.2, 0.25) is 0 Å². The van der Waals surface area contributed by atoms with E-state index in [1.165, 1.54) is 25.7 Å². The third kappa shape index (κ3) is 1.79. The summed E-state index contributed by atoms with van der Waals surface area (Å²) in [5.74, 6) is 3.13. The molecule has 4 rings (SSSR count). The SMILES string of the molecule is C[C@]12CC[C@H](C=N)C=C1CCC1C2CC[C@]2(C)C(=O)CCC12. The Labute approximate surface area is 134 Å². The van der Waals surface area contributed by atoms with Gasteiger partial charge in [-0.2, -0.15) is 0 Å². The molecule has 4 aliphatic carbocycles. The highest BCUT2D eigenvalue weighted by atomic mass is 16.1. The Morgan fingerprint density at radius 2 is 1.77 bits per heavy atom. The van der Waals surface area contributed by atoms with Crippen molar-refractivity contribution in [3.63, 3.8) is 0 Å². The smallest absolute Gasteiger partial charge is 0.139 e. The number of fused-ring (bicyclic) bond motifs is 5. The fourth-order valence-electron chi connectivity index (χ4n) is 6.66. The number of nitrogens with one attached hydrogen (secondary N) is 1. The van der Waals surface area contributed by atoms with Crippen molar-refractivity contribution >= 4 is 12.0 Å². The molecular formula is C20H29NO. The topological polar surface area (TPSA) is 40.9 Å². The summed E-state index contributed by atoms with van der Waals surface area (Å²) in [7, 11) is 0. The predicted octanol–water partition coefficient (Wildman–Crippen LogP) is 4.78. The maximum atomic E-state index is 12.4. The first kappa shape index (κ1) is 14.7. The monoisotopic (exact) mass is 299 g/mol. The molecule has 1 N–H and O–H groups in total. The van der Waals surface area contributed by atoms with Gasteiger partial charge in [0.05, 0.1) is 0 Å². The van der Waals surface area contributed by atoms with E-state index in [0.29, 0.717) is 23.0 Å². The van der Waals surface area contributed by atoms with Crippen molar-refractivity contribution in [1.82, 2.24) is 0 Å². The Morgan fingerprint density at radius 3 is 2.55 bits per heavy atom. The average Bonchev–Trinajstić information content (AvgIpc) is 2.82. The Bertz CT molecular complexity index is 550. The zero-order valence-electron chi connectivity index (χ0n) is 14.0. The Balaban J connectivity index is 1.67. The van der Waals surface area contributed by atoms with E-state index in [4.69, 9.17) is 5.41 Å². The van der Waals surface area contributed by atoms with Crippen LogP contribution in [0, 0.1) is 39.9 Å². The molecule has 2 heteroatoms. The fraction of sp³-hybridized carbons (Fsp3) is 0.800. The molecule has 0 bridgehead atoms. The van der Waals surface area contributed by atoms with Crippen molar-refractivity contribution < 1.29 is 4.79 Å². The van der Waals surface area contributed by atoms with Crippen molar-refractivity contribution in [2.75, 3.05) is 0 Å². The quantitative estimate of drug-likeness (QED) is 0.549. The lowest BCUT2D eigenvalue weighted by atomic mass is 9.47. The molecule has 6 atom stereocenters. The maximum absolute atomic E-state index is 12.4. The minimum absolute atomic E-state index is 0.00486. The van der Waals surface area contributed by atoms with Gasteiger partial charge in [-0.1, -0.05) is 25.5 Å². The normalized spacial score (nSPS) is 50.6. The standard InChI is InChI=1S/C20H29NO/c1-19-9-7-13(12-21)11-14(19)3-4-15-16-5-6-18(22)20(16,2)10-8-17(15)19/h11-13,15-17,21H,3-10H2,1-2H3/t13-,15?,16?,17?,19-,20-/m0/s1. The van der Waals surface area contributed by atoms with Crippen molar-refractivity contribution in [3.8, 4) is 0 Å². The third-order valence-electron chi connectivity index (χ3n) is 8.07. The molecule has 3 fully saturated rings. The molecule has 0 saturated heterocycles. The lowest BCUT2D eigenvalue weighted by molar-refractivity contribution is -0.132. The highest BCUT2D eigenvalue weighted by Crippen LogP contribution is 2.64. The number of rotatable bonds is 1. The predicted molar refractivity (Wildman–Crippen MR) is 89.0 cm³/mol. The summed E-state index contributed by atoms with van der Waals surface area (Å²) in [6.07, 6.45) is 13.3. The maximum Gasteiger partial charge on any atom is 0.139 e. The fourth-order valence-corrected chi connectivity index (χ4v) is 6.66. The van der Waals surface area contributed by atoms with Gasteiger partial charge in [-0.3, -0.25) is 4.79 Å². The van der Waals surface area contributed by atoms with Crippen LogP contribution in [0.2, 0.25) is 0 Å². The second kappa shape index (κ2) is 4.79. The molecule has 4 aliphatic rings. The molecule has 0 spiro atoms. The molecule has 0 amide bonds. The zero-order chi connectivity index (χ0) is 15.5. The number of hydrogen-bond acceptors (Lipinski definition) is 2. The van der Waals surface area contributed by atoms with Crippen LogP contribution in [-0.4, -0.2) is 12.0 Å². The van der Waals surface area contributed by atoms with Crippen LogP contribution in [0.3, 0.4) is 0 Å². The summed E-state index contributed by atoms with van der Waals surface area (Å²) in [4.78, 5) is 12.4. The van der Waals surface area contributed by atoms with Crippen LogP contribution >= 0.6 is 0 Å². The van der Waals surface area contributed by atoms with Crippen molar-refractivity contribution in [2.45, 2.75) is 65.2 Å². The van der Waals surface area contributed by atoms with Crippen LogP contribution < -0.4 is 0 Å². The Kier molecular flexibility index (Phi) is 3.19. The number of hydrogen-bond donors (Lipinski definition) is 1. The summed E-state index contributed by atoms with van der Waals surface area (Å²) in [6.45, 7) is 4.76. The van der Waals surface area contributed by atoms with Crippen molar-refractivity contribution in [3.05, 3.63) is 11.6 Å². The molecule has 3 saturated carbocycles. The lowest BCUT2D eigenvalue weighted by Crippen LogP contribution is -2.50. The first-order chi connectivity index (χ1) is 10.5. The number of carbonyl (C=O) groups excluding carboxylic acids is 1. The molecule has 2 nitrogen and oxygen atoms in total. The van der Waals surface area contributed by atoms with Gasteiger partial charge in [0.1, 0.15) is 5.78 Å². The largest absolute Gasteiger partial charge is 0.312 e. The first-order valence-electron chi connectivity index (χ1n) is 9.24. The van der Waals surface area contributed by atoms with Crippen LogP contribution in [0.1, 0.15) is 65.2 Å². The van der Waals surface area contributed by atoms with E-state index in [2.05, 4.69) is 19.9 Å². The van der Waals surface area contributed by atoms with Gasteiger partial charge in [-0.05, 0) is 68.1 Å². The molecule has 120 valence electrons. The zero-order valence-corrected chi connectivity index (χ0v) is 14.0. The van der Waals surface area contributed by atoms with Gasteiger partial charge in [0.15, 0.2) is 0 Å². The average molecular weight is 299 g/mol. The lowest BCUT2D eigenvalue weighted by Gasteiger charge is -2.57. The van der Waals surface area contributed by atoms with Gasteiger partial charge < -0.3 is 5.41 Å². The molecule has 0 heterocycles. The third-order valence-corrected chi connectivity index (χ3v) is 8.07. The summed E-state index contributed by atoms with van der Waals surface area (Å²) < 4.78 is 0. The highest BCUT2D eigenvalue weighted by Gasteiger charge is 2.58. The van der Waals surface area contributed by atoms with Crippen LogP contribution in [0.15, 0.2) is 11.6 Å². The molecule has 0 aromatic carbocycles. The molecule has 3 unspecified atom stereocenters. The van der Waals surface area contributed by atoms with Gasteiger partial charge in [-0.25, -0.2) is 0 Å². The number of carbonyl (C=O) groups is 1. The summed E-state index contributed by atoms with van der Waals surface area (Å²) in [5, 5.41) is 7.59. The van der Waals surface area contributed by atoms with E-state index in [1.54, 1.807) is 11.8 Å². The molecule has 0 radical (unpaired) electrons. The molecule has 22 heavy (non-hydrogen) atoms. The van der Waals surface area contributed by atoms with Crippen molar-refractivity contribution in [2.24, 2.45) is 34.5 Å². The van der Waals surface area contributed by atoms with E-state index >= 15 is 0 Å². The second-order valence-corrected chi connectivity index (χ2v) is 8.81. The van der Waals surface area contributed by atoms with Crippen LogP contribution in [0.4, 0.5) is 0 Å². The van der Waals surface area contributed by atoms with E-state index in [0.717, 1.165) is 37.5 Å². The van der Waals surface area contributed by atoms with Crippen molar-refractivity contribution in [1.29, 1.82) is 5.41 Å². The molecule has 0 aliphatic heterocycles. The van der Waals surface area contributed by atoms with Gasteiger partial charge in [0.25, 0.3) is 0 Å². The molecular weight excluding hydrogens is 270 g/mol. The summed E-state index contributed by atoms with van der Waals surface area (Å²) >= 11 is 0. The molecule has 0 aromatic heterocycles. The number of allylic oxidation sites excluding steroid dienone is 2. The summed E-state index contributed by atoms with van der Waals surface area (Å²) in [5.41, 5.74) is 2.00.